The van der Waals surface area contributed by atoms with E-state index in [1.54, 1.807) is 10.9 Å². The largest absolute Gasteiger partial charge is 0.394 e. The summed E-state index contributed by atoms with van der Waals surface area (Å²) in [7, 11) is 0. The van der Waals surface area contributed by atoms with Crippen LogP contribution in [0.15, 0.2) is 6.33 Å². The van der Waals surface area contributed by atoms with E-state index in [0.717, 1.165) is 0 Å². The van der Waals surface area contributed by atoms with Crippen LogP contribution < -0.4 is 5.73 Å². The topological polar surface area (TPSA) is 119 Å². The molecule has 4 atom stereocenters. The van der Waals surface area contributed by atoms with Crippen molar-refractivity contribution in [2.45, 2.75) is 32.3 Å². The van der Waals surface area contributed by atoms with Gasteiger partial charge in [0.05, 0.1) is 24.7 Å². The van der Waals surface area contributed by atoms with Gasteiger partial charge in [-0.15, -0.1) is 0 Å². The van der Waals surface area contributed by atoms with E-state index in [4.69, 9.17) is 10.5 Å². The van der Waals surface area contributed by atoms with Gasteiger partial charge in [0, 0.05) is 5.92 Å². The smallest absolute Gasteiger partial charge is 0.222 e. The molecule has 0 saturated carbocycles. The normalized spacial score (nSPS) is 30.2. The Bertz CT molecular complexity index is 643. The third-order valence-electron chi connectivity index (χ3n) is 3.75. The second-order valence-corrected chi connectivity index (χ2v) is 5.09. The number of aliphatic hydroxyl groups excluding tert-OH is 2. The van der Waals surface area contributed by atoms with Crippen molar-refractivity contribution in [1.29, 1.82) is 0 Å². The molecular formula is C12H17N5O3. The number of aliphatic hydroxyl groups is 2. The van der Waals surface area contributed by atoms with Gasteiger partial charge >= 0.3 is 0 Å². The molecule has 0 unspecified atom stereocenters. The third-order valence-corrected chi connectivity index (χ3v) is 3.75. The van der Waals surface area contributed by atoms with Crippen LogP contribution in [0.2, 0.25) is 0 Å². The number of anilines is 1. The maximum atomic E-state index is 10.0. The van der Waals surface area contributed by atoms with Gasteiger partial charge in [-0.25, -0.2) is 9.97 Å². The summed E-state index contributed by atoms with van der Waals surface area (Å²) in [6, 6.07) is 0. The second-order valence-electron chi connectivity index (χ2n) is 5.09. The van der Waals surface area contributed by atoms with Crippen LogP contribution in [0.3, 0.4) is 0 Å². The summed E-state index contributed by atoms with van der Waals surface area (Å²) in [6.07, 6.45) is -0.185. The predicted octanol–water partition coefficient (Wildman–Crippen LogP) is -0.396. The minimum absolute atomic E-state index is 0.168. The van der Waals surface area contributed by atoms with Crippen molar-refractivity contribution < 1.29 is 14.9 Å². The Balaban J connectivity index is 2.07. The lowest BCUT2D eigenvalue weighted by Gasteiger charge is -2.17. The van der Waals surface area contributed by atoms with Crippen LogP contribution in [0.4, 0.5) is 5.95 Å². The molecule has 0 aliphatic carbocycles. The van der Waals surface area contributed by atoms with E-state index in [1.807, 2.05) is 13.8 Å². The number of nitrogen functional groups attached to an aromatic ring is 1. The zero-order chi connectivity index (χ0) is 14.4. The number of imidazole rings is 1. The SMILES string of the molecule is Cc1nc(N)nc2c1ncn2[C@@H]1O[C@H](CO)[C@@H](O)[C@@H]1C. The fraction of sp³-hybridized carbons (Fsp3) is 0.583. The predicted molar refractivity (Wildman–Crippen MR) is 70.6 cm³/mol. The Labute approximate surface area is 115 Å². The van der Waals surface area contributed by atoms with Gasteiger partial charge in [0.15, 0.2) is 5.65 Å². The summed E-state index contributed by atoms with van der Waals surface area (Å²) in [5.41, 5.74) is 7.58. The van der Waals surface area contributed by atoms with Gasteiger partial charge in [-0.2, -0.15) is 4.98 Å². The first-order chi connectivity index (χ1) is 9.52. The Morgan fingerprint density at radius 1 is 1.45 bits per heavy atom. The van der Waals surface area contributed by atoms with Crippen LogP contribution in [-0.2, 0) is 4.74 Å². The van der Waals surface area contributed by atoms with Crippen LogP contribution in [0.1, 0.15) is 18.8 Å². The van der Waals surface area contributed by atoms with Crippen molar-refractivity contribution in [3.05, 3.63) is 12.0 Å². The van der Waals surface area contributed by atoms with Gasteiger partial charge in [-0.3, -0.25) is 4.57 Å². The number of nitrogens with zero attached hydrogens (tertiary/aromatic N) is 4. The minimum atomic E-state index is -0.734. The molecule has 1 fully saturated rings. The van der Waals surface area contributed by atoms with E-state index in [9.17, 15) is 10.2 Å². The Hall–Kier alpha value is -1.77. The number of hydrogen-bond donors (Lipinski definition) is 3. The fourth-order valence-electron chi connectivity index (χ4n) is 2.63. The molecule has 2 aromatic heterocycles. The van der Waals surface area contributed by atoms with E-state index in [-0.39, 0.29) is 18.5 Å². The first kappa shape index (κ1) is 13.2. The van der Waals surface area contributed by atoms with Crippen molar-refractivity contribution in [1.82, 2.24) is 19.5 Å². The summed E-state index contributed by atoms with van der Waals surface area (Å²) in [5.74, 6) is -0.0253. The lowest BCUT2D eigenvalue weighted by Crippen LogP contribution is -2.28. The number of aryl methyl sites for hydroxylation is 1. The standard InChI is InChI=1S/C12H17N5O3/c1-5-9(19)7(3-18)20-11(5)17-4-14-8-6(2)15-12(13)16-10(8)17/h4-5,7,9,11,18-19H,3H2,1-2H3,(H2,13,15,16)/t5-,7+,9-,11+/m0/s1. The average molecular weight is 279 g/mol. The highest BCUT2D eigenvalue weighted by molar-refractivity contribution is 5.74. The maximum absolute atomic E-state index is 10.0. The molecular weight excluding hydrogens is 262 g/mol. The summed E-state index contributed by atoms with van der Waals surface area (Å²) < 4.78 is 7.42. The van der Waals surface area contributed by atoms with Gasteiger partial charge < -0.3 is 20.7 Å². The van der Waals surface area contributed by atoms with Gasteiger partial charge in [-0.1, -0.05) is 6.92 Å². The average Bonchev–Trinajstić information content (AvgIpc) is 2.93. The van der Waals surface area contributed by atoms with Crippen LogP contribution in [0.5, 0.6) is 0 Å². The van der Waals surface area contributed by atoms with Crippen LogP contribution in [-0.4, -0.2) is 48.5 Å². The zero-order valence-corrected chi connectivity index (χ0v) is 11.3. The number of rotatable bonds is 2. The molecule has 4 N–H and O–H groups in total. The van der Waals surface area contributed by atoms with Gasteiger partial charge in [0.1, 0.15) is 17.8 Å². The molecule has 0 amide bonds. The molecule has 1 aliphatic heterocycles. The highest BCUT2D eigenvalue weighted by Gasteiger charge is 2.42. The van der Waals surface area contributed by atoms with Gasteiger partial charge in [0.2, 0.25) is 5.95 Å². The van der Waals surface area contributed by atoms with E-state index < -0.39 is 18.4 Å². The molecule has 3 rings (SSSR count). The van der Waals surface area contributed by atoms with Crippen molar-refractivity contribution in [2.75, 3.05) is 12.3 Å². The van der Waals surface area contributed by atoms with Crippen molar-refractivity contribution in [3.63, 3.8) is 0 Å². The monoisotopic (exact) mass is 279 g/mol. The zero-order valence-electron chi connectivity index (χ0n) is 11.3. The number of nitrogens with two attached hydrogens (primary N) is 1. The van der Waals surface area contributed by atoms with E-state index in [1.165, 1.54) is 0 Å². The molecule has 1 aliphatic rings. The molecule has 20 heavy (non-hydrogen) atoms. The fourth-order valence-corrected chi connectivity index (χ4v) is 2.63. The Kier molecular flexibility index (Phi) is 3.08. The van der Waals surface area contributed by atoms with E-state index in [0.29, 0.717) is 16.9 Å². The molecule has 0 radical (unpaired) electrons. The van der Waals surface area contributed by atoms with Crippen molar-refractivity contribution in [3.8, 4) is 0 Å². The van der Waals surface area contributed by atoms with E-state index >= 15 is 0 Å². The molecule has 2 aromatic rings. The van der Waals surface area contributed by atoms with Crippen LogP contribution in [0.25, 0.3) is 11.2 Å². The molecule has 108 valence electrons. The lowest BCUT2D eigenvalue weighted by atomic mass is 10.0. The van der Waals surface area contributed by atoms with Crippen molar-refractivity contribution >= 4 is 17.1 Å². The molecule has 0 aromatic carbocycles. The van der Waals surface area contributed by atoms with Crippen molar-refractivity contribution in [2.24, 2.45) is 5.92 Å². The first-order valence-corrected chi connectivity index (χ1v) is 6.44. The molecule has 0 spiro atoms. The Morgan fingerprint density at radius 2 is 2.20 bits per heavy atom. The highest BCUT2D eigenvalue weighted by Crippen LogP contribution is 2.35. The molecule has 8 nitrogen and oxygen atoms in total. The van der Waals surface area contributed by atoms with Gasteiger partial charge in [-0.05, 0) is 6.92 Å². The summed E-state index contributed by atoms with van der Waals surface area (Å²) in [6.45, 7) is 3.43. The summed E-state index contributed by atoms with van der Waals surface area (Å²) >= 11 is 0. The molecule has 0 bridgehead atoms. The van der Waals surface area contributed by atoms with Crippen LogP contribution in [0, 0.1) is 12.8 Å². The minimum Gasteiger partial charge on any atom is -0.394 e. The number of fused-ring (bicyclic) bond motifs is 1. The molecule has 3 heterocycles. The highest BCUT2D eigenvalue weighted by atomic mass is 16.5. The third kappa shape index (κ3) is 1.84. The first-order valence-electron chi connectivity index (χ1n) is 6.44. The quantitative estimate of drug-likeness (QED) is 0.684. The lowest BCUT2D eigenvalue weighted by molar-refractivity contribution is -0.0447. The number of aromatic nitrogens is 4. The van der Waals surface area contributed by atoms with Crippen LogP contribution >= 0.6 is 0 Å². The Morgan fingerprint density at radius 3 is 2.85 bits per heavy atom. The summed E-state index contributed by atoms with van der Waals surface area (Å²) in [5, 5.41) is 19.2. The second kappa shape index (κ2) is 4.65. The number of ether oxygens (including phenoxy) is 1. The molecule has 8 heteroatoms. The molecule has 1 saturated heterocycles. The van der Waals surface area contributed by atoms with Gasteiger partial charge in [0.25, 0.3) is 0 Å². The maximum Gasteiger partial charge on any atom is 0.222 e. The number of hydrogen-bond acceptors (Lipinski definition) is 7. The van der Waals surface area contributed by atoms with E-state index in [2.05, 4.69) is 15.0 Å². The summed E-state index contributed by atoms with van der Waals surface area (Å²) in [4.78, 5) is 12.5.